The Labute approximate surface area is 257 Å². The van der Waals surface area contributed by atoms with Crippen LogP contribution in [-0.4, -0.2) is 16.0 Å². The molecule has 0 aromatic heterocycles. The van der Waals surface area contributed by atoms with E-state index in [2.05, 4.69) is 47.8 Å². The molecule has 0 unspecified atom stereocenters. The van der Waals surface area contributed by atoms with Crippen molar-refractivity contribution in [2.24, 2.45) is 4.99 Å². The summed E-state index contributed by atoms with van der Waals surface area (Å²) in [5.74, 6) is 0.594. The number of hydrogen-bond acceptors (Lipinski definition) is 4. The number of nitrogens with zero attached hydrogens (tertiary/aromatic N) is 2. The van der Waals surface area contributed by atoms with Crippen molar-refractivity contribution in [3.8, 4) is 5.75 Å². The lowest BCUT2D eigenvalue weighted by molar-refractivity contribution is -0.122. The van der Waals surface area contributed by atoms with Gasteiger partial charge in [-0.25, -0.2) is 0 Å². The number of carbonyl (C=O) groups is 1. The molecule has 1 saturated heterocycles. The van der Waals surface area contributed by atoms with Crippen LogP contribution in [0.4, 0.5) is 0 Å². The molecule has 1 aliphatic heterocycles. The first kappa shape index (κ1) is 27.9. The maximum absolute atomic E-state index is 13.7. The summed E-state index contributed by atoms with van der Waals surface area (Å²) in [7, 11) is 0. The highest BCUT2D eigenvalue weighted by Crippen LogP contribution is 2.39. The van der Waals surface area contributed by atoms with Gasteiger partial charge in [-0.05, 0) is 74.7 Å². The Hall–Kier alpha value is -2.65. The molecule has 39 heavy (non-hydrogen) atoms. The lowest BCUT2D eigenvalue weighted by atomic mass is 10.1. The highest BCUT2D eigenvalue weighted by atomic mass is 79.9. The topological polar surface area (TPSA) is 41.9 Å². The van der Waals surface area contributed by atoms with E-state index in [9.17, 15) is 4.79 Å². The summed E-state index contributed by atoms with van der Waals surface area (Å²) >= 11 is 12.1. The molecule has 0 atom stereocenters. The number of thioether (sulfide) groups is 1. The second kappa shape index (κ2) is 13.1. The zero-order valence-corrected chi connectivity index (χ0v) is 26.3. The van der Waals surface area contributed by atoms with Crippen molar-refractivity contribution in [2.75, 3.05) is 0 Å². The molecule has 1 amide bonds. The summed E-state index contributed by atoms with van der Waals surface area (Å²) < 4.78 is 8.96. The first-order valence-electron chi connectivity index (χ1n) is 12.2. The molecule has 1 aliphatic rings. The predicted molar refractivity (Wildman–Crippen MR) is 170 cm³/mol. The van der Waals surface area contributed by atoms with E-state index >= 15 is 0 Å². The quantitative estimate of drug-likeness (QED) is 0.170. The van der Waals surface area contributed by atoms with E-state index in [0.29, 0.717) is 35.5 Å². The van der Waals surface area contributed by atoms with Crippen LogP contribution in [0.25, 0.3) is 6.08 Å². The van der Waals surface area contributed by atoms with Crippen LogP contribution in [-0.2, 0) is 24.5 Å². The fraction of sp³-hybridized carbons (Fsp3) is 0.0968. The monoisotopic (exact) mass is 724 g/mol. The van der Waals surface area contributed by atoms with Gasteiger partial charge in [-0.2, -0.15) is 0 Å². The van der Waals surface area contributed by atoms with Gasteiger partial charge in [0.2, 0.25) is 0 Å². The minimum Gasteiger partial charge on any atom is -0.487 e. The number of benzene rings is 4. The highest BCUT2D eigenvalue weighted by molar-refractivity contribution is 9.11. The fourth-order valence-electron chi connectivity index (χ4n) is 3.99. The third-order valence-corrected chi connectivity index (χ3v) is 8.55. The molecule has 8 heteroatoms. The Morgan fingerprint density at radius 1 is 0.795 bits per heavy atom. The number of aliphatic imine (C=N–C) groups is 1. The second-order valence-electron chi connectivity index (χ2n) is 8.79. The SMILES string of the molecule is O=C1/C(=C\c2cc(Br)cc(Br)c2OCc2ccc(Br)cc2)SC(=NCc2ccccc2)N1Cc1ccccc1. The van der Waals surface area contributed by atoms with E-state index in [-0.39, 0.29) is 5.91 Å². The van der Waals surface area contributed by atoms with Gasteiger partial charge in [-0.15, -0.1) is 0 Å². The maximum Gasteiger partial charge on any atom is 0.267 e. The van der Waals surface area contributed by atoms with Gasteiger partial charge in [0.05, 0.1) is 22.5 Å². The number of amidine groups is 1. The average Bonchev–Trinajstić information content (AvgIpc) is 3.22. The van der Waals surface area contributed by atoms with Gasteiger partial charge in [-0.3, -0.25) is 14.7 Å². The smallest absolute Gasteiger partial charge is 0.267 e. The Balaban J connectivity index is 1.46. The van der Waals surface area contributed by atoms with Crippen molar-refractivity contribution in [3.05, 3.63) is 138 Å². The molecule has 0 radical (unpaired) electrons. The molecule has 0 saturated carbocycles. The van der Waals surface area contributed by atoms with Gasteiger partial charge >= 0.3 is 0 Å². The zero-order chi connectivity index (χ0) is 27.2. The number of hydrogen-bond donors (Lipinski definition) is 0. The van der Waals surface area contributed by atoms with Crippen molar-refractivity contribution >= 4 is 76.7 Å². The highest BCUT2D eigenvalue weighted by Gasteiger charge is 2.33. The molecule has 0 N–H and O–H groups in total. The molecule has 0 aliphatic carbocycles. The minimum atomic E-state index is -0.0781. The van der Waals surface area contributed by atoms with Gasteiger partial charge in [0.1, 0.15) is 12.4 Å². The van der Waals surface area contributed by atoms with E-state index < -0.39 is 0 Å². The summed E-state index contributed by atoms with van der Waals surface area (Å²) in [6, 6.07) is 32.0. The number of rotatable bonds is 8. The molecule has 1 heterocycles. The molecule has 4 aromatic carbocycles. The largest absolute Gasteiger partial charge is 0.487 e. The van der Waals surface area contributed by atoms with Crippen LogP contribution in [0.3, 0.4) is 0 Å². The fourth-order valence-corrected chi connectivity index (χ4v) is 6.59. The van der Waals surface area contributed by atoms with Crippen molar-refractivity contribution in [1.82, 2.24) is 4.90 Å². The van der Waals surface area contributed by atoms with Gasteiger partial charge in [0.25, 0.3) is 5.91 Å². The van der Waals surface area contributed by atoms with Crippen LogP contribution in [0.2, 0.25) is 0 Å². The van der Waals surface area contributed by atoms with Crippen LogP contribution in [0.1, 0.15) is 22.3 Å². The van der Waals surface area contributed by atoms with Gasteiger partial charge in [-0.1, -0.05) is 105 Å². The van der Waals surface area contributed by atoms with Gasteiger partial charge in [0.15, 0.2) is 5.17 Å². The number of ether oxygens (including phenoxy) is 1. The number of carbonyl (C=O) groups excluding carboxylic acids is 1. The van der Waals surface area contributed by atoms with Crippen LogP contribution in [0, 0.1) is 0 Å². The third kappa shape index (κ3) is 7.31. The van der Waals surface area contributed by atoms with Crippen LogP contribution >= 0.6 is 59.6 Å². The first-order chi connectivity index (χ1) is 19.0. The van der Waals surface area contributed by atoms with Crippen LogP contribution < -0.4 is 4.74 Å². The van der Waals surface area contributed by atoms with E-state index in [1.54, 1.807) is 4.90 Å². The number of amides is 1. The molecule has 1 fully saturated rings. The Morgan fingerprint density at radius 3 is 2.15 bits per heavy atom. The molecule has 5 rings (SSSR count). The lowest BCUT2D eigenvalue weighted by Crippen LogP contribution is -2.28. The minimum absolute atomic E-state index is 0.0781. The van der Waals surface area contributed by atoms with Crippen LogP contribution in [0.15, 0.2) is 120 Å². The van der Waals surface area contributed by atoms with E-state index in [0.717, 1.165) is 35.7 Å². The molecule has 0 bridgehead atoms. The summed E-state index contributed by atoms with van der Waals surface area (Å²) in [6.07, 6.45) is 1.89. The third-order valence-electron chi connectivity index (χ3n) is 5.93. The second-order valence-corrected chi connectivity index (χ2v) is 12.5. The first-order valence-corrected chi connectivity index (χ1v) is 15.4. The number of halogens is 3. The molecule has 4 nitrogen and oxygen atoms in total. The average molecular weight is 727 g/mol. The Kier molecular flexibility index (Phi) is 9.40. The Bertz CT molecular complexity index is 1530. The van der Waals surface area contributed by atoms with Crippen molar-refractivity contribution < 1.29 is 9.53 Å². The zero-order valence-electron chi connectivity index (χ0n) is 20.7. The summed E-state index contributed by atoms with van der Waals surface area (Å²) in [6.45, 7) is 1.35. The molecular weight excluding hydrogens is 704 g/mol. The summed E-state index contributed by atoms with van der Waals surface area (Å²) in [5, 5.41) is 0.686. The van der Waals surface area contributed by atoms with Crippen molar-refractivity contribution in [2.45, 2.75) is 19.7 Å². The molecule has 0 spiro atoms. The van der Waals surface area contributed by atoms with E-state index in [1.807, 2.05) is 103 Å². The lowest BCUT2D eigenvalue weighted by Gasteiger charge is -2.16. The standard InChI is InChI=1S/C31H23Br3N2O2S/c32-25-13-11-23(12-14-25)20-38-29-24(15-26(33)17-27(29)34)16-28-30(37)36(19-22-9-5-2-6-10-22)31(39-28)35-18-21-7-3-1-4-8-21/h1-17H,18-20H2/b28-16+,35-31?. The van der Waals surface area contributed by atoms with E-state index in [4.69, 9.17) is 9.73 Å². The molecule has 4 aromatic rings. The van der Waals surface area contributed by atoms with Crippen molar-refractivity contribution in [3.63, 3.8) is 0 Å². The van der Waals surface area contributed by atoms with Gasteiger partial charge < -0.3 is 4.74 Å². The maximum atomic E-state index is 13.7. The van der Waals surface area contributed by atoms with Crippen LogP contribution in [0.5, 0.6) is 5.75 Å². The predicted octanol–water partition coefficient (Wildman–Crippen LogP) is 9.23. The Morgan fingerprint density at radius 2 is 1.46 bits per heavy atom. The summed E-state index contributed by atoms with van der Waals surface area (Å²) in [5.41, 5.74) is 3.98. The summed E-state index contributed by atoms with van der Waals surface area (Å²) in [4.78, 5) is 20.9. The van der Waals surface area contributed by atoms with Crippen molar-refractivity contribution in [1.29, 1.82) is 0 Å². The van der Waals surface area contributed by atoms with E-state index in [1.165, 1.54) is 11.8 Å². The molecule has 196 valence electrons. The molecular formula is C31H23Br3N2O2S. The normalized spacial score (nSPS) is 15.4. The van der Waals surface area contributed by atoms with Gasteiger partial charge in [0, 0.05) is 14.5 Å².